The maximum absolute atomic E-state index is 12.5. The van der Waals surface area contributed by atoms with Crippen LogP contribution < -0.4 is 0 Å². The predicted molar refractivity (Wildman–Crippen MR) is 76.7 cm³/mol. The Morgan fingerprint density at radius 1 is 1.00 bits per heavy atom. The molecule has 0 aromatic rings. The molecule has 0 bridgehead atoms. The van der Waals surface area contributed by atoms with Crippen LogP contribution in [0.3, 0.4) is 0 Å². The molecule has 0 aromatic heterocycles. The first-order valence-corrected chi connectivity index (χ1v) is 7.36. The summed E-state index contributed by atoms with van der Waals surface area (Å²) in [6.45, 7) is 12.6. The van der Waals surface area contributed by atoms with Crippen LogP contribution in [-0.4, -0.2) is 54.0 Å². The first-order valence-electron chi connectivity index (χ1n) is 7.36. The fraction of sp³-hybridized carbons (Fsp3) is 0.933. The summed E-state index contributed by atoms with van der Waals surface area (Å²) in [5, 5.41) is 8.67. The van der Waals surface area contributed by atoms with E-state index in [0.717, 1.165) is 13.1 Å². The van der Waals surface area contributed by atoms with E-state index in [4.69, 9.17) is 5.26 Å². The van der Waals surface area contributed by atoms with Crippen LogP contribution >= 0.6 is 0 Å². The third kappa shape index (κ3) is 4.68. The standard InChI is InChI=1S/C8H14N2.C7H13F2N/c1-7(2)10-5-8(3,4-9)6-10;1-6(2)10-4-3-7(8,9)5-10/h7H,5-6H2,1-3H3;6H,3-5H2,1-2H3. The maximum Gasteiger partial charge on any atom is 0.261 e. The Labute approximate surface area is 121 Å². The van der Waals surface area contributed by atoms with Crippen LogP contribution in [0.2, 0.25) is 0 Å². The van der Waals surface area contributed by atoms with E-state index in [0.29, 0.717) is 12.6 Å². The van der Waals surface area contributed by atoms with E-state index in [9.17, 15) is 8.78 Å². The molecular formula is C15H27F2N3. The van der Waals surface area contributed by atoms with Crippen molar-refractivity contribution >= 4 is 0 Å². The molecule has 5 heteroatoms. The molecular weight excluding hydrogens is 260 g/mol. The molecule has 0 amide bonds. The lowest BCUT2D eigenvalue weighted by molar-refractivity contribution is 0.00921. The number of alkyl halides is 2. The highest BCUT2D eigenvalue weighted by Crippen LogP contribution is 2.30. The van der Waals surface area contributed by atoms with E-state index in [2.05, 4.69) is 24.8 Å². The molecule has 2 heterocycles. The van der Waals surface area contributed by atoms with Gasteiger partial charge in [-0.05, 0) is 34.6 Å². The van der Waals surface area contributed by atoms with Crippen LogP contribution in [-0.2, 0) is 0 Å². The summed E-state index contributed by atoms with van der Waals surface area (Å²) in [5.41, 5.74) is -0.0513. The SMILES string of the molecule is CC(C)N1CC(C)(C#N)C1.CC(C)N1CCC(F)(F)C1. The van der Waals surface area contributed by atoms with Gasteiger partial charge in [-0.15, -0.1) is 0 Å². The van der Waals surface area contributed by atoms with Crippen molar-refractivity contribution in [2.45, 2.75) is 59.0 Å². The molecule has 0 aromatic carbocycles. The smallest absolute Gasteiger partial charge is 0.261 e. The molecule has 20 heavy (non-hydrogen) atoms. The van der Waals surface area contributed by atoms with Crippen LogP contribution in [0, 0.1) is 16.7 Å². The molecule has 0 N–H and O–H groups in total. The van der Waals surface area contributed by atoms with Crippen LogP contribution in [0.4, 0.5) is 8.78 Å². The van der Waals surface area contributed by atoms with E-state index < -0.39 is 5.92 Å². The Hall–Kier alpha value is -0.730. The topological polar surface area (TPSA) is 30.3 Å². The molecule has 0 spiro atoms. The van der Waals surface area contributed by atoms with Crippen molar-refractivity contribution in [3.8, 4) is 6.07 Å². The minimum atomic E-state index is -2.43. The Morgan fingerprint density at radius 2 is 1.50 bits per heavy atom. The van der Waals surface area contributed by atoms with Gasteiger partial charge in [-0.25, -0.2) is 8.78 Å². The normalized spacial score (nSPS) is 25.0. The monoisotopic (exact) mass is 287 g/mol. The lowest BCUT2D eigenvalue weighted by atomic mass is 9.83. The van der Waals surface area contributed by atoms with Crippen LogP contribution in [0.15, 0.2) is 0 Å². The molecule has 2 saturated heterocycles. The summed E-state index contributed by atoms with van der Waals surface area (Å²) in [6.07, 6.45) is 0.0329. The van der Waals surface area contributed by atoms with Gasteiger partial charge in [0.15, 0.2) is 0 Å². The second-order valence-corrected chi connectivity index (χ2v) is 6.84. The van der Waals surface area contributed by atoms with E-state index >= 15 is 0 Å². The van der Waals surface area contributed by atoms with Crippen molar-refractivity contribution in [3.63, 3.8) is 0 Å². The number of likely N-dealkylation sites (tertiary alicyclic amines) is 2. The van der Waals surface area contributed by atoms with Gasteiger partial charge in [0.2, 0.25) is 0 Å². The summed E-state index contributed by atoms with van der Waals surface area (Å²) >= 11 is 0. The molecule has 2 fully saturated rings. The van der Waals surface area contributed by atoms with Gasteiger partial charge in [-0.2, -0.15) is 5.26 Å². The largest absolute Gasteiger partial charge is 0.298 e. The second-order valence-electron chi connectivity index (χ2n) is 6.84. The zero-order valence-corrected chi connectivity index (χ0v) is 13.3. The number of halogens is 2. The van der Waals surface area contributed by atoms with Crippen LogP contribution in [0.1, 0.15) is 41.0 Å². The Kier molecular flexibility index (Phi) is 5.51. The molecule has 2 aliphatic heterocycles. The van der Waals surface area contributed by atoms with Crippen molar-refractivity contribution in [1.29, 1.82) is 5.26 Å². The molecule has 0 unspecified atom stereocenters. The Balaban J connectivity index is 0.000000200. The summed E-state index contributed by atoms with van der Waals surface area (Å²) in [4.78, 5) is 4.11. The Morgan fingerprint density at radius 3 is 1.75 bits per heavy atom. The minimum absolute atomic E-state index is 0.0329. The van der Waals surface area contributed by atoms with Gasteiger partial charge >= 0.3 is 0 Å². The average Bonchev–Trinajstić information content (AvgIpc) is 2.66. The number of rotatable bonds is 2. The van der Waals surface area contributed by atoms with E-state index in [1.54, 1.807) is 4.90 Å². The van der Waals surface area contributed by atoms with Gasteiger partial charge in [0.1, 0.15) is 0 Å². The van der Waals surface area contributed by atoms with Crippen molar-refractivity contribution in [2.75, 3.05) is 26.2 Å². The van der Waals surface area contributed by atoms with Gasteiger partial charge < -0.3 is 0 Å². The quantitative estimate of drug-likeness (QED) is 0.782. The first kappa shape index (κ1) is 17.3. The van der Waals surface area contributed by atoms with Crippen molar-refractivity contribution in [1.82, 2.24) is 9.80 Å². The molecule has 3 nitrogen and oxygen atoms in total. The summed E-state index contributed by atoms with van der Waals surface area (Å²) in [7, 11) is 0. The van der Waals surface area contributed by atoms with Crippen LogP contribution in [0.5, 0.6) is 0 Å². The lowest BCUT2D eigenvalue weighted by Crippen LogP contribution is -2.56. The molecule has 2 rings (SSSR count). The van der Waals surface area contributed by atoms with Gasteiger partial charge in [-0.1, -0.05) is 0 Å². The number of nitrogens with zero attached hydrogens (tertiary/aromatic N) is 3. The summed E-state index contributed by atoms with van der Waals surface area (Å²) < 4.78 is 25.0. The van der Waals surface area contributed by atoms with Gasteiger partial charge in [0.25, 0.3) is 5.92 Å². The highest BCUT2D eigenvalue weighted by molar-refractivity contribution is 5.07. The third-order valence-electron chi connectivity index (χ3n) is 4.03. The molecule has 0 radical (unpaired) electrons. The van der Waals surface area contributed by atoms with E-state index in [1.165, 1.54) is 0 Å². The van der Waals surface area contributed by atoms with Gasteiger partial charge in [0.05, 0.1) is 18.0 Å². The number of hydrogen-bond donors (Lipinski definition) is 0. The van der Waals surface area contributed by atoms with Crippen molar-refractivity contribution in [3.05, 3.63) is 0 Å². The summed E-state index contributed by atoms with van der Waals surface area (Å²) in [6, 6.07) is 3.18. The molecule has 0 saturated carbocycles. The number of nitriles is 1. The van der Waals surface area contributed by atoms with Crippen LogP contribution in [0.25, 0.3) is 0 Å². The fourth-order valence-electron chi connectivity index (χ4n) is 2.49. The molecule has 116 valence electrons. The third-order valence-corrected chi connectivity index (χ3v) is 4.03. The molecule has 0 aliphatic carbocycles. The lowest BCUT2D eigenvalue weighted by Gasteiger charge is -2.45. The van der Waals surface area contributed by atoms with E-state index in [-0.39, 0.29) is 24.4 Å². The minimum Gasteiger partial charge on any atom is -0.298 e. The highest BCUT2D eigenvalue weighted by atomic mass is 19.3. The highest BCUT2D eigenvalue weighted by Gasteiger charge is 2.40. The second kappa shape index (κ2) is 6.36. The molecule has 2 aliphatic rings. The number of hydrogen-bond acceptors (Lipinski definition) is 3. The van der Waals surface area contributed by atoms with Gasteiger partial charge in [0, 0.05) is 38.1 Å². The maximum atomic E-state index is 12.5. The predicted octanol–water partition coefficient (Wildman–Crippen LogP) is 2.98. The first-order chi connectivity index (χ1) is 9.08. The van der Waals surface area contributed by atoms with Crippen molar-refractivity contribution in [2.24, 2.45) is 5.41 Å². The fourth-order valence-corrected chi connectivity index (χ4v) is 2.49. The zero-order chi connectivity index (χ0) is 15.6. The molecule has 0 atom stereocenters. The van der Waals surface area contributed by atoms with Crippen molar-refractivity contribution < 1.29 is 8.78 Å². The van der Waals surface area contributed by atoms with Gasteiger partial charge in [-0.3, -0.25) is 9.80 Å². The Bertz CT molecular complexity index is 355. The average molecular weight is 287 g/mol. The summed E-state index contributed by atoms with van der Waals surface area (Å²) in [5.74, 6) is -2.43. The van der Waals surface area contributed by atoms with E-state index in [1.807, 2.05) is 20.8 Å². The zero-order valence-electron chi connectivity index (χ0n) is 13.3.